The van der Waals surface area contributed by atoms with Crippen LogP contribution in [0.2, 0.25) is 10.0 Å². The van der Waals surface area contributed by atoms with E-state index in [2.05, 4.69) is 22.0 Å². The van der Waals surface area contributed by atoms with Crippen molar-refractivity contribution in [3.05, 3.63) is 58.9 Å². The molecule has 1 amide bonds. The minimum Gasteiger partial charge on any atom is -0.321 e. The minimum atomic E-state index is -0.291. The average molecular weight is 347 g/mol. The molecule has 0 radical (unpaired) electrons. The summed E-state index contributed by atoms with van der Waals surface area (Å²) in [6.07, 6.45) is 2.77. The van der Waals surface area contributed by atoms with E-state index in [1.807, 2.05) is 19.1 Å². The van der Waals surface area contributed by atoms with E-state index in [4.69, 9.17) is 23.2 Å². The zero-order chi connectivity index (χ0) is 16.6. The lowest BCUT2D eigenvalue weighted by atomic mass is 10.2. The number of carbonyl (C=O) groups excluding carboxylic acids is 1. The van der Waals surface area contributed by atoms with Crippen molar-refractivity contribution >= 4 is 45.8 Å². The zero-order valence-corrected chi connectivity index (χ0v) is 13.7. The van der Waals surface area contributed by atoms with Gasteiger partial charge in [0.25, 0.3) is 0 Å². The van der Waals surface area contributed by atoms with Crippen LogP contribution in [0, 0.1) is 6.92 Å². The van der Waals surface area contributed by atoms with Crippen LogP contribution in [-0.4, -0.2) is 20.7 Å². The maximum atomic E-state index is 11.4. The first-order valence-electron chi connectivity index (χ1n) is 6.74. The summed E-state index contributed by atoms with van der Waals surface area (Å²) in [7, 11) is 0. The zero-order valence-electron chi connectivity index (χ0n) is 12.2. The fraction of sp³-hybridized carbons (Fsp3) is 0.0625. The quantitative estimate of drug-likeness (QED) is 0.724. The van der Waals surface area contributed by atoms with Crippen LogP contribution in [0.4, 0.5) is 5.69 Å². The largest absolute Gasteiger partial charge is 0.321 e. The maximum absolute atomic E-state index is 11.4. The van der Waals surface area contributed by atoms with Crippen LogP contribution in [0.25, 0.3) is 16.7 Å². The second-order valence-electron chi connectivity index (χ2n) is 4.88. The molecule has 23 heavy (non-hydrogen) atoms. The second kappa shape index (κ2) is 6.02. The number of fused-ring (bicyclic) bond motifs is 1. The highest BCUT2D eigenvalue weighted by Crippen LogP contribution is 2.27. The van der Waals surface area contributed by atoms with E-state index in [-0.39, 0.29) is 5.91 Å². The molecule has 1 N–H and O–H groups in total. The van der Waals surface area contributed by atoms with Crippen molar-refractivity contribution in [2.75, 3.05) is 5.32 Å². The molecule has 0 unspecified atom stereocenters. The van der Waals surface area contributed by atoms with Crippen LogP contribution < -0.4 is 5.32 Å². The number of nitrogens with zero attached hydrogens (tertiary/aromatic N) is 3. The Labute approximate surface area is 142 Å². The van der Waals surface area contributed by atoms with E-state index in [1.165, 1.54) is 6.08 Å². The Morgan fingerprint density at radius 3 is 2.78 bits per heavy atom. The standard InChI is InChI=1S/C16H12Cl2N4O/c1-3-15(23)20-10-6-12-9(2)21-22(16(12)19-8-10)11-4-5-13(17)14(18)7-11/h3-8H,1H2,2H3,(H,20,23). The third kappa shape index (κ3) is 2.93. The number of anilines is 1. The van der Waals surface area contributed by atoms with Crippen LogP contribution in [0.1, 0.15) is 5.69 Å². The SMILES string of the molecule is C=CC(=O)Nc1cnc2c(c1)c(C)nn2-c1ccc(Cl)c(Cl)c1. The molecule has 2 aromatic heterocycles. The Kier molecular flexibility index (Phi) is 4.07. The average Bonchev–Trinajstić information content (AvgIpc) is 2.87. The van der Waals surface area contributed by atoms with Gasteiger partial charge in [-0.3, -0.25) is 4.79 Å². The molecule has 0 aliphatic rings. The summed E-state index contributed by atoms with van der Waals surface area (Å²) in [5.74, 6) is -0.291. The third-order valence-corrected chi connectivity index (χ3v) is 4.05. The molecule has 3 rings (SSSR count). The van der Waals surface area contributed by atoms with E-state index >= 15 is 0 Å². The van der Waals surface area contributed by atoms with E-state index in [1.54, 1.807) is 23.0 Å². The summed E-state index contributed by atoms with van der Waals surface area (Å²) in [6.45, 7) is 5.30. The van der Waals surface area contributed by atoms with Gasteiger partial charge in [0.1, 0.15) is 0 Å². The first-order valence-corrected chi connectivity index (χ1v) is 7.49. The number of amides is 1. The number of carbonyl (C=O) groups is 1. The van der Waals surface area contributed by atoms with Crippen molar-refractivity contribution in [2.24, 2.45) is 0 Å². The van der Waals surface area contributed by atoms with Crippen LogP contribution in [-0.2, 0) is 4.79 Å². The van der Waals surface area contributed by atoms with Gasteiger partial charge in [-0.05, 0) is 37.3 Å². The number of hydrogen-bond donors (Lipinski definition) is 1. The van der Waals surface area contributed by atoms with Crippen LogP contribution >= 0.6 is 23.2 Å². The summed E-state index contributed by atoms with van der Waals surface area (Å²) in [5, 5.41) is 8.93. The molecule has 2 heterocycles. The molecule has 0 bridgehead atoms. The molecule has 0 atom stereocenters. The van der Waals surface area contributed by atoms with Crippen LogP contribution in [0.15, 0.2) is 43.1 Å². The van der Waals surface area contributed by atoms with Gasteiger partial charge in [0.15, 0.2) is 5.65 Å². The molecule has 0 spiro atoms. The molecular formula is C16H12Cl2N4O. The van der Waals surface area contributed by atoms with Gasteiger partial charge in [0.2, 0.25) is 5.91 Å². The predicted octanol–water partition coefficient (Wildman–Crippen LogP) is 4.16. The molecule has 0 aliphatic carbocycles. The highest BCUT2D eigenvalue weighted by Gasteiger charge is 2.12. The lowest BCUT2D eigenvalue weighted by Gasteiger charge is -2.05. The van der Waals surface area contributed by atoms with E-state index in [0.717, 1.165) is 16.8 Å². The molecule has 0 fully saturated rings. The second-order valence-corrected chi connectivity index (χ2v) is 5.70. The number of halogens is 2. The predicted molar refractivity (Wildman–Crippen MR) is 92.4 cm³/mol. The molecule has 0 saturated heterocycles. The summed E-state index contributed by atoms with van der Waals surface area (Å²) < 4.78 is 1.69. The molecule has 7 heteroatoms. The first-order chi connectivity index (χ1) is 11.0. The number of rotatable bonds is 3. The number of aromatic nitrogens is 3. The minimum absolute atomic E-state index is 0.291. The molecule has 3 aromatic rings. The van der Waals surface area contributed by atoms with Crippen molar-refractivity contribution in [2.45, 2.75) is 6.92 Å². The Morgan fingerprint density at radius 2 is 2.09 bits per heavy atom. The highest BCUT2D eigenvalue weighted by atomic mass is 35.5. The van der Waals surface area contributed by atoms with Crippen LogP contribution in [0.5, 0.6) is 0 Å². The maximum Gasteiger partial charge on any atom is 0.247 e. The first kappa shape index (κ1) is 15.5. The number of nitrogens with one attached hydrogen (secondary N) is 1. The van der Waals surface area contributed by atoms with Gasteiger partial charge in [0, 0.05) is 5.39 Å². The Balaban J connectivity index is 2.11. The van der Waals surface area contributed by atoms with Gasteiger partial charge < -0.3 is 5.32 Å². The van der Waals surface area contributed by atoms with Gasteiger partial charge >= 0.3 is 0 Å². The summed E-state index contributed by atoms with van der Waals surface area (Å²) in [5.41, 5.74) is 2.79. The Morgan fingerprint density at radius 1 is 1.30 bits per heavy atom. The summed E-state index contributed by atoms with van der Waals surface area (Å²) in [4.78, 5) is 15.8. The van der Waals surface area contributed by atoms with Crippen molar-refractivity contribution in [3.63, 3.8) is 0 Å². The molecule has 5 nitrogen and oxygen atoms in total. The Hall–Kier alpha value is -2.37. The fourth-order valence-corrected chi connectivity index (χ4v) is 2.49. The van der Waals surface area contributed by atoms with Gasteiger partial charge in [-0.15, -0.1) is 0 Å². The molecule has 1 aromatic carbocycles. The van der Waals surface area contributed by atoms with Gasteiger partial charge in [0.05, 0.1) is 33.3 Å². The molecule has 116 valence electrons. The monoisotopic (exact) mass is 346 g/mol. The summed E-state index contributed by atoms with van der Waals surface area (Å²) in [6, 6.07) is 7.07. The van der Waals surface area contributed by atoms with Crippen molar-refractivity contribution in [1.82, 2.24) is 14.8 Å². The van der Waals surface area contributed by atoms with Gasteiger partial charge in [-0.25, -0.2) is 9.67 Å². The molecule has 0 saturated carbocycles. The van der Waals surface area contributed by atoms with Gasteiger partial charge in [-0.2, -0.15) is 5.10 Å². The summed E-state index contributed by atoms with van der Waals surface area (Å²) >= 11 is 12.0. The molecule has 0 aliphatic heterocycles. The highest BCUT2D eigenvalue weighted by molar-refractivity contribution is 6.42. The van der Waals surface area contributed by atoms with Gasteiger partial charge in [-0.1, -0.05) is 29.8 Å². The topological polar surface area (TPSA) is 59.8 Å². The third-order valence-electron chi connectivity index (χ3n) is 3.31. The number of pyridine rings is 1. The number of hydrogen-bond acceptors (Lipinski definition) is 3. The van der Waals surface area contributed by atoms with E-state index in [0.29, 0.717) is 21.4 Å². The lowest BCUT2D eigenvalue weighted by molar-refractivity contribution is -0.111. The smallest absolute Gasteiger partial charge is 0.247 e. The van der Waals surface area contributed by atoms with Crippen molar-refractivity contribution in [1.29, 1.82) is 0 Å². The van der Waals surface area contributed by atoms with Crippen molar-refractivity contribution in [3.8, 4) is 5.69 Å². The number of aryl methyl sites for hydroxylation is 1. The van der Waals surface area contributed by atoms with Crippen molar-refractivity contribution < 1.29 is 4.79 Å². The fourth-order valence-electron chi connectivity index (χ4n) is 2.20. The Bertz CT molecular complexity index is 933. The number of benzene rings is 1. The normalized spacial score (nSPS) is 10.7. The molecular weight excluding hydrogens is 335 g/mol. The van der Waals surface area contributed by atoms with E-state index in [9.17, 15) is 4.79 Å². The lowest BCUT2D eigenvalue weighted by Crippen LogP contribution is -2.07. The van der Waals surface area contributed by atoms with E-state index < -0.39 is 0 Å². The van der Waals surface area contributed by atoms with Crippen LogP contribution in [0.3, 0.4) is 0 Å².